The van der Waals surface area contributed by atoms with Gasteiger partial charge in [0.1, 0.15) is 12.7 Å². The zero-order valence-corrected chi connectivity index (χ0v) is 14.9. The molecule has 0 fully saturated rings. The molecular formula is C20H18N2O3S. The third-order valence-electron chi connectivity index (χ3n) is 4.16. The van der Waals surface area contributed by atoms with Crippen LogP contribution in [0.4, 0.5) is 0 Å². The van der Waals surface area contributed by atoms with E-state index < -0.39 is 0 Å². The molecule has 26 heavy (non-hydrogen) atoms. The normalized spacial score (nSPS) is 15.5. The van der Waals surface area contributed by atoms with Crippen molar-refractivity contribution in [1.29, 1.82) is 0 Å². The van der Waals surface area contributed by atoms with Crippen molar-refractivity contribution in [2.75, 3.05) is 13.2 Å². The fraction of sp³-hybridized carbons (Fsp3) is 0.200. The Bertz CT molecular complexity index is 878. The highest BCUT2D eigenvalue weighted by Crippen LogP contribution is 2.31. The first-order valence-corrected chi connectivity index (χ1v) is 9.39. The minimum absolute atomic E-state index is 0.0655. The number of fused-ring (bicyclic) bond motifs is 1. The fourth-order valence-electron chi connectivity index (χ4n) is 2.76. The summed E-state index contributed by atoms with van der Waals surface area (Å²) in [6.45, 7) is 1.01. The van der Waals surface area contributed by atoms with E-state index in [1.165, 1.54) is 0 Å². The molecule has 3 aromatic rings. The minimum atomic E-state index is -0.133. The molecule has 1 amide bonds. The zero-order valence-electron chi connectivity index (χ0n) is 14.1. The predicted molar refractivity (Wildman–Crippen MR) is 101 cm³/mol. The van der Waals surface area contributed by atoms with Gasteiger partial charge in [-0.1, -0.05) is 12.1 Å². The number of hydrogen-bond acceptors (Lipinski definition) is 5. The Balaban J connectivity index is 1.28. The monoisotopic (exact) mass is 366 g/mol. The van der Waals surface area contributed by atoms with Crippen LogP contribution in [-0.2, 0) is 0 Å². The number of carbonyl (C=O) groups is 1. The molecule has 0 saturated heterocycles. The number of aromatic nitrogens is 1. The van der Waals surface area contributed by atoms with Gasteiger partial charge in [-0.2, -0.15) is 11.3 Å². The lowest BCUT2D eigenvalue weighted by molar-refractivity contribution is 0.0812. The van der Waals surface area contributed by atoms with Crippen molar-refractivity contribution in [2.24, 2.45) is 0 Å². The standard InChI is InChI=1S/C20H18N2O3S/c23-20(14-5-6-17(22-11-14)15-8-10-26-13-15)21-9-7-16-12-24-18-3-1-2-4-19(18)25-16/h1-6,8,10-11,13,16H,7,9,12H2,(H,21,23)/t16-/m1/s1. The van der Waals surface area contributed by atoms with Gasteiger partial charge in [-0.05, 0) is 35.7 Å². The highest BCUT2D eigenvalue weighted by atomic mass is 32.1. The van der Waals surface area contributed by atoms with Crippen molar-refractivity contribution in [3.05, 3.63) is 65.0 Å². The molecule has 0 unspecified atom stereocenters. The van der Waals surface area contributed by atoms with Crippen molar-refractivity contribution in [1.82, 2.24) is 10.3 Å². The van der Waals surface area contributed by atoms with E-state index in [2.05, 4.69) is 10.3 Å². The van der Waals surface area contributed by atoms with E-state index in [0.29, 0.717) is 25.1 Å². The van der Waals surface area contributed by atoms with Crippen molar-refractivity contribution in [2.45, 2.75) is 12.5 Å². The van der Waals surface area contributed by atoms with Gasteiger partial charge in [-0.25, -0.2) is 0 Å². The van der Waals surface area contributed by atoms with Crippen LogP contribution in [0.5, 0.6) is 11.5 Å². The van der Waals surface area contributed by atoms with E-state index >= 15 is 0 Å². The molecule has 6 heteroatoms. The first kappa shape index (κ1) is 16.6. The quantitative estimate of drug-likeness (QED) is 0.747. The van der Waals surface area contributed by atoms with Crippen molar-refractivity contribution >= 4 is 17.2 Å². The summed E-state index contributed by atoms with van der Waals surface area (Å²) in [7, 11) is 0. The first-order valence-electron chi connectivity index (χ1n) is 8.45. The predicted octanol–water partition coefficient (Wildman–Crippen LogP) is 3.77. The van der Waals surface area contributed by atoms with Crippen LogP contribution in [0.25, 0.3) is 11.3 Å². The summed E-state index contributed by atoms with van der Waals surface area (Å²) >= 11 is 1.62. The minimum Gasteiger partial charge on any atom is -0.486 e. The first-order chi connectivity index (χ1) is 12.8. The van der Waals surface area contributed by atoms with Crippen LogP contribution in [0.2, 0.25) is 0 Å². The molecule has 1 aliphatic heterocycles. The molecule has 5 nitrogen and oxygen atoms in total. The Labute approximate surface area is 155 Å². The van der Waals surface area contributed by atoms with Crippen molar-refractivity contribution in [3.63, 3.8) is 0 Å². The second-order valence-electron chi connectivity index (χ2n) is 5.99. The highest BCUT2D eigenvalue weighted by Gasteiger charge is 2.20. The number of thiophene rings is 1. The lowest BCUT2D eigenvalue weighted by atomic mass is 10.2. The lowest BCUT2D eigenvalue weighted by Gasteiger charge is -2.26. The summed E-state index contributed by atoms with van der Waals surface area (Å²) in [5, 5.41) is 6.95. The second-order valence-corrected chi connectivity index (χ2v) is 6.77. The summed E-state index contributed by atoms with van der Waals surface area (Å²) in [6.07, 6.45) is 2.23. The molecule has 0 bridgehead atoms. The fourth-order valence-corrected chi connectivity index (χ4v) is 3.41. The molecule has 0 radical (unpaired) electrons. The van der Waals surface area contributed by atoms with Gasteiger partial charge in [-0.3, -0.25) is 9.78 Å². The molecule has 1 atom stereocenters. The maximum atomic E-state index is 12.3. The van der Waals surface area contributed by atoms with E-state index in [4.69, 9.17) is 9.47 Å². The van der Waals surface area contributed by atoms with Gasteiger partial charge in [0.15, 0.2) is 11.5 Å². The number of pyridine rings is 1. The van der Waals surface area contributed by atoms with Crippen LogP contribution >= 0.6 is 11.3 Å². The molecule has 1 N–H and O–H groups in total. The maximum Gasteiger partial charge on any atom is 0.252 e. The van der Waals surface area contributed by atoms with Gasteiger partial charge in [0.2, 0.25) is 0 Å². The summed E-state index contributed by atoms with van der Waals surface area (Å²) < 4.78 is 11.6. The number of carbonyl (C=O) groups excluding carboxylic acids is 1. The number of benzene rings is 1. The van der Waals surface area contributed by atoms with Crippen LogP contribution in [0.3, 0.4) is 0 Å². The molecular weight excluding hydrogens is 348 g/mol. The zero-order chi connectivity index (χ0) is 17.8. The average molecular weight is 366 g/mol. The Morgan fingerprint density at radius 2 is 2.08 bits per heavy atom. The molecule has 132 valence electrons. The van der Waals surface area contributed by atoms with E-state index in [-0.39, 0.29) is 12.0 Å². The molecule has 2 aromatic heterocycles. The van der Waals surface area contributed by atoms with Gasteiger partial charge in [0.25, 0.3) is 5.91 Å². The molecule has 0 saturated carbocycles. The second kappa shape index (κ2) is 7.58. The number of hydrogen-bond donors (Lipinski definition) is 1. The van der Waals surface area contributed by atoms with E-state index in [0.717, 1.165) is 22.8 Å². The topological polar surface area (TPSA) is 60.5 Å². The van der Waals surface area contributed by atoms with Crippen LogP contribution in [0.15, 0.2) is 59.4 Å². The van der Waals surface area contributed by atoms with E-state index in [9.17, 15) is 4.79 Å². The lowest BCUT2D eigenvalue weighted by Crippen LogP contribution is -2.34. The van der Waals surface area contributed by atoms with Crippen molar-refractivity contribution < 1.29 is 14.3 Å². The molecule has 0 spiro atoms. The molecule has 1 aromatic carbocycles. The van der Waals surface area contributed by atoms with Crippen molar-refractivity contribution in [3.8, 4) is 22.8 Å². The Kier molecular flexibility index (Phi) is 4.84. The summed E-state index contributed by atoms with van der Waals surface area (Å²) in [4.78, 5) is 16.6. The highest BCUT2D eigenvalue weighted by molar-refractivity contribution is 7.08. The average Bonchev–Trinajstić information content (AvgIpc) is 3.23. The van der Waals surface area contributed by atoms with Gasteiger partial charge >= 0.3 is 0 Å². The van der Waals surface area contributed by atoms with Gasteiger partial charge in [-0.15, -0.1) is 0 Å². The maximum absolute atomic E-state index is 12.3. The summed E-state index contributed by atoms with van der Waals surface area (Å²) in [5.41, 5.74) is 2.49. The van der Waals surface area contributed by atoms with Gasteiger partial charge in [0.05, 0.1) is 11.3 Å². The number of amides is 1. The Morgan fingerprint density at radius 3 is 2.85 bits per heavy atom. The number of rotatable bonds is 5. The number of nitrogens with one attached hydrogen (secondary N) is 1. The van der Waals surface area contributed by atoms with Crippen LogP contribution in [-0.4, -0.2) is 30.1 Å². The number of ether oxygens (including phenoxy) is 2. The molecule has 4 rings (SSSR count). The Hall–Kier alpha value is -2.86. The molecule has 3 heterocycles. The smallest absolute Gasteiger partial charge is 0.252 e. The summed E-state index contributed by atoms with van der Waals surface area (Å²) in [6, 6.07) is 13.3. The van der Waals surface area contributed by atoms with Gasteiger partial charge < -0.3 is 14.8 Å². The SMILES string of the molecule is O=C(NCC[C@@H]1COc2ccccc2O1)c1ccc(-c2ccsc2)nc1. The van der Waals surface area contributed by atoms with Crippen LogP contribution in [0, 0.1) is 0 Å². The Morgan fingerprint density at radius 1 is 1.19 bits per heavy atom. The van der Waals surface area contributed by atoms with E-state index in [1.807, 2.05) is 47.2 Å². The van der Waals surface area contributed by atoms with Gasteiger partial charge in [0, 0.05) is 30.1 Å². The van der Waals surface area contributed by atoms with E-state index in [1.54, 1.807) is 23.6 Å². The third-order valence-corrected chi connectivity index (χ3v) is 4.85. The van der Waals surface area contributed by atoms with Crippen LogP contribution in [0.1, 0.15) is 16.8 Å². The van der Waals surface area contributed by atoms with Crippen LogP contribution < -0.4 is 14.8 Å². The number of para-hydroxylation sites is 2. The third kappa shape index (κ3) is 3.70. The summed E-state index contributed by atoms with van der Waals surface area (Å²) in [5.74, 6) is 1.39. The largest absolute Gasteiger partial charge is 0.486 e. The molecule has 0 aliphatic carbocycles. The number of nitrogens with zero attached hydrogens (tertiary/aromatic N) is 1. The molecule has 1 aliphatic rings.